The van der Waals surface area contributed by atoms with E-state index in [4.69, 9.17) is 9.97 Å². The number of rotatable bonds is 18. The molecular formula is C67H71BrN4. The van der Waals surface area contributed by atoms with Gasteiger partial charge in [-0.1, -0.05) is 190 Å². The lowest BCUT2D eigenvalue weighted by Gasteiger charge is -2.28. The van der Waals surface area contributed by atoms with Crippen LogP contribution in [0.3, 0.4) is 0 Å². The number of benzene rings is 4. The summed E-state index contributed by atoms with van der Waals surface area (Å²) in [6.07, 6.45) is 29.4. The van der Waals surface area contributed by atoms with Crippen molar-refractivity contribution in [1.82, 2.24) is 19.9 Å². The van der Waals surface area contributed by atoms with Gasteiger partial charge in [0, 0.05) is 38.5 Å². The Morgan fingerprint density at radius 1 is 0.417 bits per heavy atom. The minimum Gasteiger partial charge on any atom is -0.355 e. The van der Waals surface area contributed by atoms with Gasteiger partial charge in [-0.05, 0) is 158 Å². The third-order valence-electron chi connectivity index (χ3n) is 16.9. The lowest BCUT2D eigenvalue weighted by molar-refractivity contribution is 0.478. The molecular weight excluding hydrogens is 941 g/mol. The summed E-state index contributed by atoms with van der Waals surface area (Å²) in [5, 5.41) is 0. The van der Waals surface area contributed by atoms with Crippen molar-refractivity contribution in [3.05, 3.63) is 164 Å². The minimum absolute atomic E-state index is 0.0714. The molecule has 0 saturated carbocycles. The monoisotopic (exact) mass is 1010 g/mol. The minimum atomic E-state index is -0.0734. The molecule has 72 heavy (non-hydrogen) atoms. The molecule has 0 amide bonds. The van der Waals surface area contributed by atoms with E-state index in [1.165, 1.54) is 146 Å². The molecule has 7 aromatic rings. The van der Waals surface area contributed by atoms with Crippen molar-refractivity contribution in [2.24, 2.45) is 0 Å². The molecule has 8 bridgehead atoms. The van der Waals surface area contributed by atoms with Crippen LogP contribution in [0.15, 0.2) is 114 Å². The highest BCUT2D eigenvalue weighted by Crippen LogP contribution is 2.54. The van der Waals surface area contributed by atoms with Crippen LogP contribution < -0.4 is 0 Å². The van der Waals surface area contributed by atoms with E-state index in [1.54, 1.807) is 0 Å². The smallest absolute Gasteiger partial charge is 0.0801 e. The van der Waals surface area contributed by atoms with Crippen LogP contribution in [0, 0.1) is 6.92 Å². The van der Waals surface area contributed by atoms with Crippen LogP contribution in [0.4, 0.5) is 0 Å². The zero-order valence-corrected chi connectivity index (χ0v) is 44.9. The highest BCUT2D eigenvalue weighted by Gasteiger charge is 2.40. The van der Waals surface area contributed by atoms with E-state index in [0.717, 1.165) is 78.8 Å². The summed E-state index contributed by atoms with van der Waals surface area (Å²) in [6, 6.07) is 41.5. The molecule has 4 nitrogen and oxygen atoms in total. The third-order valence-corrected chi connectivity index (χ3v) is 17.8. The maximum absolute atomic E-state index is 5.49. The highest BCUT2D eigenvalue weighted by atomic mass is 79.9. The molecule has 5 heteroatoms. The van der Waals surface area contributed by atoms with Gasteiger partial charge in [-0.2, -0.15) is 0 Å². The first kappa shape index (κ1) is 48.2. The normalized spacial score (nSPS) is 17.1. The van der Waals surface area contributed by atoms with Crippen LogP contribution in [0.2, 0.25) is 0 Å². The van der Waals surface area contributed by atoms with Crippen LogP contribution in [-0.2, 0) is 10.8 Å². The second kappa shape index (κ2) is 20.5. The van der Waals surface area contributed by atoms with E-state index in [-0.39, 0.29) is 10.8 Å². The molecule has 5 heterocycles. The van der Waals surface area contributed by atoms with E-state index in [1.807, 2.05) is 0 Å². The Morgan fingerprint density at radius 3 is 1.35 bits per heavy atom. The van der Waals surface area contributed by atoms with Crippen molar-refractivity contribution in [1.29, 1.82) is 0 Å². The van der Waals surface area contributed by atoms with Crippen LogP contribution in [0.5, 0.6) is 0 Å². The Kier molecular flexibility index (Phi) is 13.7. The van der Waals surface area contributed by atoms with Crippen molar-refractivity contribution in [2.45, 2.75) is 148 Å². The quantitative estimate of drug-likeness (QED) is 0.0842. The Labute approximate surface area is 436 Å². The SMILES string of the molecule is CCCCCCCCCCC1(C)c2ccccc2-c2ccc(-c3c4nc(c(C)c5ccc([nH]5)c(-c5ccc6c(c5)C(C)(CCCCCCCC)c5ccccc5-6)c5nc(c(Br)c6ccc3[nH]6)C=C5)C=C4)cc21. The van der Waals surface area contributed by atoms with E-state index >= 15 is 0 Å². The van der Waals surface area contributed by atoms with Gasteiger partial charge in [0.2, 0.25) is 0 Å². The molecule has 2 N–H and O–H groups in total. The average molecular weight is 1010 g/mol. The fraction of sp³-hybridized carbons (Fsp3) is 0.343. The second-order valence-electron chi connectivity index (χ2n) is 21.7. The molecule has 2 aliphatic carbocycles. The van der Waals surface area contributed by atoms with Gasteiger partial charge in [-0.25, -0.2) is 9.97 Å². The molecule has 0 spiro atoms. The summed E-state index contributed by atoms with van der Waals surface area (Å²) in [6.45, 7) is 11.8. The average Bonchev–Trinajstić information content (AvgIpc) is 4.29. The highest BCUT2D eigenvalue weighted by molar-refractivity contribution is 9.10. The molecule has 3 aromatic heterocycles. The number of aryl methyl sites for hydroxylation is 1. The van der Waals surface area contributed by atoms with Crippen LogP contribution >= 0.6 is 15.9 Å². The summed E-state index contributed by atoms with van der Waals surface area (Å²) in [5.74, 6) is 0. The predicted octanol–water partition coefficient (Wildman–Crippen LogP) is 19.9. The topological polar surface area (TPSA) is 57.4 Å². The Bertz CT molecular complexity index is 3420. The molecule has 2 aliphatic heterocycles. The van der Waals surface area contributed by atoms with Gasteiger partial charge in [-0.3, -0.25) is 0 Å². The van der Waals surface area contributed by atoms with Gasteiger partial charge in [0.1, 0.15) is 0 Å². The zero-order chi connectivity index (χ0) is 49.4. The van der Waals surface area contributed by atoms with Crippen LogP contribution in [0.25, 0.3) is 90.9 Å². The largest absolute Gasteiger partial charge is 0.355 e. The molecule has 4 aromatic carbocycles. The number of aromatic nitrogens is 4. The first-order valence-corrected chi connectivity index (χ1v) is 28.3. The lowest BCUT2D eigenvalue weighted by Crippen LogP contribution is -2.20. The third kappa shape index (κ3) is 8.78. The van der Waals surface area contributed by atoms with E-state index in [2.05, 4.69) is 194 Å². The number of hydrogen-bond donors (Lipinski definition) is 2. The summed E-state index contributed by atoms with van der Waals surface area (Å²) >= 11 is 4.07. The molecule has 11 rings (SSSR count). The molecule has 0 radical (unpaired) electrons. The summed E-state index contributed by atoms with van der Waals surface area (Å²) in [4.78, 5) is 18.7. The van der Waals surface area contributed by atoms with Crippen LogP contribution in [-0.4, -0.2) is 19.9 Å². The van der Waals surface area contributed by atoms with E-state index < -0.39 is 0 Å². The van der Waals surface area contributed by atoms with Crippen molar-refractivity contribution in [3.63, 3.8) is 0 Å². The number of unbranched alkanes of at least 4 members (excludes halogenated alkanes) is 12. The maximum Gasteiger partial charge on any atom is 0.0801 e. The van der Waals surface area contributed by atoms with Crippen molar-refractivity contribution in [3.8, 4) is 44.5 Å². The van der Waals surface area contributed by atoms with Gasteiger partial charge in [0.25, 0.3) is 0 Å². The van der Waals surface area contributed by atoms with E-state index in [9.17, 15) is 0 Å². The van der Waals surface area contributed by atoms with Crippen molar-refractivity contribution < 1.29 is 0 Å². The molecule has 0 fully saturated rings. The molecule has 2 atom stereocenters. The van der Waals surface area contributed by atoms with E-state index in [0.29, 0.717) is 0 Å². The summed E-state index contributed by atoms with van der Waals surface area (Å²) in [5.41, 5.74) is 24.6. The molecule has 2 unspecified atom stereocenters. The van der Waals surface area contributed by atoms with Gasteiger partial charge >= 0.3 is 0 Å². The van der Waals surface area contributed by atoms with Crippen LogP contribution in [0.1, 0.15) is 181 Å². The molecule has 366 valence electrons. The zero-order valence-electron chi connectivity index (χ0n) is 43.3. The van der Waals surface area contributed by atoms with Gasteiger partial charge in [0.15, 0.2) is 0 Å². The Morgan fingerprint density at radius 2 is 0.819 bits per heavy atom. The number of hydrogen-bond acceptors (Lipinski definition) is 2. The maximum atomic E-state index is 5.49. The summed E-state index contributed by atoms with van der Waals surface area (Å²) < 4.78 is 0.927. The van der Waals surface area contributed by atoms with Crippen molar-refractivity contribution >= 4 is 62.3 Å². The van der Waals surface area contributed by atoms with Gasteiger partial charge in [-0.15, -0.1) is 0 Å². The van der Waals surface area contributed by atoms with Gasteiger partial charge in [0.05, 0.1) is 32.8 Å². The first-order valence-electron chi connectivity index (χ1n) is 27.5. The number of fused-ring (bicyclic) bond motifs is 14. The Balaban J connectivity index is 1.02. The second-order valence-corrected chi connectivity index (χ2v) is 22.5. The number of H-pyrrole nitrogens is 2. The van der Waals surface area contributed by atoms with Crippen molar-refractivity contribution in [2.75, 3.05) is 0 Å². The predicted molar refractivity (Wildman–Crippen MR) is 311 cm³/mol. The fourth-order valence-electron chi connectivity index (χ4n) is 12.8. The first-order chi connectivity index (χ1) is 35.2. The van der Waals surface area contributed by atoms with Gasteiger partial charge < -0.3 is 9.97 Å². The number of nitrogens with one attached hydrogen (secondary N) is 2. The molecule has 4 aliphatic rings. The number of nitrogens with zero attached hydrogens (tertiary/aromatic N) is 2. The standard InChI is InChI=1S/C67H71BrN4/c1-6-8-10-12-14-15-17-23-41-67(5)52-27-21-19-25-48(52)50-31-29-46(43-54(50)67)64-58-35-33-56(70-58)44(3)55-32-34-57(69-55)63(59-36-38-61(71-59)65(68)62-39-37-60(64)72-62)45-28-30-49-47-24-18-20-26-51(47)66(4,53(49)42-45)40-22-16-13-11-9-7-2/h18-21,24-39,42-43,69,72H,6-17,22-23,40-41H2,1-5H3. The summed E-state index contributed by atoms with van der Waals surface area (Å²) in [7, 11) is 0. The fourth-order valence-corrected chi connectivity index (χ4v) is 13.3. The molecule has 0 saturated heterocycles. The number of halogens is 1. The number of aromatic amines is 2. The Hall–Kier alpha value is -6.04. The lowest BCUT2D eigenvalue weighted by atomic mass is 9.75.